The molecule has 13 heteroatoms. The fraction of sp³-hybridized carbons (Fsp3) is 0.295. The highest BCUT2D eigenvalue weighted by molar-refractivity contribution is 7.47. The van der Waals surface area contributed by atoms with Crippen LogP contribution in [0.5, 0.6) is 23.0 Å². The molecule has 3 aromatic carbocycles. The number of rotatable bonds is 11. The van der Waals surface area contributed by atoms with Crippen LogP contribution in [0.2, 0.25) is 0 Å². The summed E-state index contributed by atoms with van der Waals surface area (Å²) >= 11 is 5.35. The molecule has 1 spiro atoms. The van der Waals surface area contributed by atoms with Gasteiger partial charge in [0.25, 0.3) is 0 Å². The second-order valence-corrected chi connectivity index (χ2v) is 16.2. The van der Waals surface area contributed by atoms with Crippen LogP contribution in [0.3, 0.4) is 0 Å². The Kier molecular flexibility index (Phi) is 10.6. The molecule has 7 rings (SSSR count). The molecule has 57 heavy (non-hydrogen) atoms. The van der Waals surface area contributed by atoms with Crippen molar-refractivity contribution in [2.45, 2.75) is 60.2 Å². The number of hydrogen-bond donors (Lipinski definition) is 0. The van der Waals surface area contributed by atoms with Crippen molar-refractivity contribution in [3.63, 3.8) is 0 Å². The third-order valence-corrected chi connectivity index (χ3v) is 9.82. The lowest BCUT2D eigenvalue weighted by atomic mass is 9.77. The van der Waals surface area contributed by atoms with Crippen molar-refractivity contribution in [3.8, 4) is 23.0 Å². The number of fused-ring (bicyclic) bond motifs is 6. The van der Waals surface area contributed by atoms with Crippen molar-refractivity contribution in [1.82, 2.24) is 14.9 Å². The molecule has 0 fully saturated rings. The van der Waals surface area contributed by atoms with E-state index in [1.54, 1.807) is 107 Å². The summed E-state index contributed by atoms with van der Waals surface area (Å²) in [5.74, 6) is -0.332. The molecule has 0 saturated heterocycles. The van der Waals surface area contributed by atoms with Gasteiger partial charge in [-0.2, -0.15) is 0 Å². The molecule has 2 aliphatic heterocycles. The lowest BCUT2D eigenvalue weighted by molar-refractivity contribution is -0.143. The van der Waals surface area contributed by atoms with Gasteiger partial charge in [-0.05, 0) is 108 Å². The zero-order chi connectivity index (χ0) is 40.5. The maximum Gasteiger partial charge on any atom is 0.340 e. The van der Waals surface area contributed by atoms with Crippen LogP contribution in [0, 0.1) is 10.8 Å². The summed E-state index contributed by atoms with van der Waals surface area (Å²) < 4.78 is 28.6. The quantitative estimate of drug-likeness (QED) is 0.0728. The first-order valence-electron chi connectivity index (χ1n) is 18.6. The summed E-state index contributed by atoms with van der Waals surface area (Å²) in [7, 11) is 0. The minimum Gasteiger partial charge on any atom is -0.456 e. The van der Waals surface area contributed by atoms with Crippen LogP contribution < -0.4 is 19.2 Å². The van der Waals surface area contributed by atoms with Crippen molar-refractivity contribution in [2.75, 3.05) is 18.1 Å². The highest BCUT2D eigenvalue weighted by Crippen LogP contribution is 2.57. The fourth-order valence-corrected chi connectivity index (χ4v) is 6.76. The Bertz CT molecular complexity index is 2220. The van der Waals surface area contributed by atoms with Gasteiger partial charge in [0.1, 0.15) is 23.0 Å². The van der Waals surface area contributed by atoms with Gasteiger partial charge < -0.3 is 18.9 Å². The van der Waals surface area contributed by atoms with Crippen LogP contribution in [-0.4, -0.2) is 45.9 Å². The smallest absolute Gasteiger partial charge is 0.340 e. The molecule has 0 radical (unpaired) electrons. The molecule has 0 atom stereocenters. The normalized spacial score (nSPS) is 13.8. The molecular weight excluding hydrogens is 743 g/mol. The molecular formula is C44H43N5O7S. The fourth-order valence-electron chi connectivity index (χ4n) is 6.59. The maximum atomic E-state index is 13.8. The van der Waals surface area contributed by atoms with Crippen molar-refractivity contribution >= 4 is 36.0 Å². The number of carbonyl (C=O) groups is 3. The molecule has 0 N–H and O–H groups in total. The highest BCUT2D eigenvalue weighted by atomic mass is 32.1. The topological polar surface area (TPSA) is 133 Å². The van der Waals surface area contributed by atoms with E-state index in [4.69, 9.17) is 31.4 Å². The first kappa shape index (κ1) is 39.2. The van der Waals surface area contributed by atoms with Gasteiger partial charge in [-0.25, -0.2) is 4.79 Å². The largest absolute Gasteiger partial charge is 0.456 e. The average Bonchev–Trinajstić information content (AvgIpc) is 3.46. The van der Waals surface area contributed by atoms with E-state index in [0.717, 1.165) is 11.4 Å². The van der Waals surface area contributed by atoms with Crippen molar-refractivity contribution < 1.29 is 33.3 Å². The summed E-state index contributed by atoms with van der Waals surface area (Å²) in [5, 5.41) is 1.71. The highest BCUT2D eigenvalue weighted by Gasteiger charge is 2.54. The molecule has 0 saturated carbocycles. The Morgan fingerprint density at radius 1 is 0.719 bits per heavy atom. The summed E-state index contributed by atoms with van der Waals surface area (Å²) in [5.41, 5.74) is 1.34. The Morgan fingerprint density at radius 3 is 1.74 bits per heavy atom. The molecule has 2 aromatic heterocycles. The second kappa shape index (κ2) is 15.5. The monoisotopic (exact) mass is 785 g/mol. The maximum absolute atomic E-state index is 13.8. The number of esters is 3. The first-order chi connectivity index (χ1) is 27.2. The van der Waals surface area contributed by atoms with E-state index in [9.17, 15) is 14.4 Å². The van der Waals surface area contributed by atoms with E-state index in [0.29, 0.717) is 54.1 Å². The first-order valence-corrected chi connectivity index (χ1v) is 18.9. The van der Waals surface area contributed by atoms with Crippen molar-refractivity contribution in [3.05, 3.63) is 137 Å². The van der Waals surface area contributed by atoms with Gasteiger partial charge in [0, 0.05) is 60.9 Å². The lowest BCUT2D eigenvalue weighted by Gasteiger charge is -2.37. The van der Waals surface area contributed by atoms with Crippen LogP contribution in [0.4, 0.5) is 5.69 Å². The molecule has 292 valence electrons. The SMILES string of the molecule is CC(C)(C)C(=O)Oc1ccc2c(c1)Oc1cc(OC(=O)C(C)(C)C)ccc1C21OC(=O)c2ccc(N(CCN(Cc3ccccn3)Cc3ccccn3)N=S)cc21. The molecule has 0 unspecified atom stereocenters. The van der Waals surface area contributed by atoms with Gasteiger partial charge in [-0.1, -0.05) is 12.1 Å². The van der Waals surface area contributed by atoms with E-state index in [1.807, 2.05) is 42.5 Å². The lowest BCUT2D eigenvalue weighted by Crippen LogP contribution is -2.34. The second-order valence-electron chi connectivity index (χ2n) is 16.1. The van der Waals surface area contributed by atoms with E-state index in [2.05, 4.69) is 19.3 Å². The number of ether oxygens (including phenoxy) is 4. The van der Waals surface area contributed by atoms with Crippen LogP contribution in [0.25, 0.3) is 0 Å². The Hall–Kier alpha value is -6.05. The number of nitrogens with zero attached hydrogens (tertiary/aromatic N) is 5. The number of carbonyl (C=O) groups excluding carboxylic acids is 3. The molecule has 0 bridgehead atoms. The number of aromatic nitrogens is 2. The van der Waals surface area contributed by atoms with E-state index >= 15 is 0 Å². The number of benzene rings is 3. The third kappa shape index (κ3) is 8.12. The van der Waals surface area contributed by atoms with E-state index in [-0.39, 0.29) is 23.0 Å². The summed E-state index contributed by atoms with van der Waals surface area (Å²) in [6.07, 6.45) is 3.54. The van der Waals surface area contributed by atoms with E-state index in [1.165, 1.54) is 0 Å². The predicted molar refractivity (Wildman–Crippen MR) is 215 cm³/mol. The van der Waals surface area contributed by atoms with Gasteiger partial charge in [0.05, 0.1) is 52.4 Å². The molecule has 0 aliphatic carbocycles. The molecule has 4 heterocycles. The van der Waals surface area contributed by atoms with Gasteiger partial charge in [0.15, 0.2) is 5.60 Å². The average molecular weight is 786 g/mol. The van der Waals surface area contributed by atoms with Crippen molar-refractivity contribution in [2.24, 2.45) is 15.3 Å². The predicted octanol–water partition coefficient (Wildman–Crippen LogP) is 8.10. The third-order valence-electron chi connectivity index (χ3n) is 9.63. The zero-order valence-electron chi connectivity index (χ0n) is 32.6. The van der Waals surface area contributed by atoms with Gasteiger partial charge in [-0.15, -0.1) is 4.47 Å². The zero-order valence-corrected chi connectivity index (χ0v) is 33.5. The number of pyridine rings is 2. The van der Waals surface area contributed by atoms with E-state index < -0.39 is 34.3 Å². The summed E-state index contributed by atoms with van der Waals surface area (Å²) in [4.78, 5) is 50.9. The van der Waals surface area contributed by atoms with Crippen LogP contribution in [-0.2, 0) is 45.4 Å². The minimum atomic E-state index is -1.50. The standard InChI is InChI=1S/C44H43N5O7S/c1-42(2,3)40(51)53-31-14-17-34-37(24-31)55-38-25-32(54-41(52)43(4,5)6)15-18-35(38)44(34)36-23-30(13-16-33(36)39(50)56-44)49(47-57)22-21-48(26-28-11-7-9-19-45-28)27-29-12-8-10-20-46-29/h7-20,23-25H,21-22,26-27H2,1-6H3. The summed E-state index contributed by atoms with van der Waals surface area (Å²) in [6.45, 7) is 12.7. The van der Waals surface area contributed by atoms with Gasteiger partial charge in [0.2, 0.25) is 0 Å². The number of hydrogen-bond acceptors (Lipinski definition) is 12. The van der Waals surface area contributed by atoms with Crippen LogP contribution in [0.15, 0.2) is 108 Å². The molecule has 0 amide bonds. The number of anilines is 1. The van der Waals surface area contributed by atoms with Crippen LogP contribution >= 0.6 is 0 Å². The van der Waals surface area contributed by atoms with Crippen molar-refractivity contribution in [1.29, 1.82) is 0 Å². The molecule has 2 aliphatic rings. The van der Waals surface area contributed by atoms with Crippen LogP contribution in [0.1, 0.15) is 80.0 Å². The van der Waals surface area contributed by atoms with Gasteiger partial charge >= 0.3 is 17.9 Å². The molecule has 5 aromatic rings. The van der Waals surface area contributed by atoms with Gasteiger partial charge in [-0.3, -0.25) is 29.5 Å². The Morgan fingerprint density at radius 2 is 1.26 bits per heavy atom. The Balaban J connectivity index is 1.27. The summed E-state index contributed by atoms with van der Waals surface area (Å²) in [6, 6.07) is 27.0. The molecule has 12 nitrogen and oxygen atoms in total. The minimum absolute atomic E-state index is 0.248. The Labute approximate surface area is 336 Å².